The quantitative estimate of drug-likeness (QED) is 0.915. The molecule has 1 aromatic heterocycles. The standard InChI is InChI=1S/C20H22N2O3/c1-20(2,19(23)24)17-13-7-3-4-8-15(13)25-18-14(17)9-10-16(21-18)22-11-5-6-12-22/h3-4,7-10,17H,5-6,11-12H2,1-2H3,(H,23,24). The van der Waals surface area contributed by atoms with Crippen LogP contribution in [-0.4, -0.2) is 29.1 Å². The lowest BCUT2D eigenvalue weighted by Gasteiger charge is -2.36. The van der Waals surface area contributed by atoms with E-state index >= 15 is 0 Å². The number of pyridine rings is 1. The van der Waals surface area contributed by atoms with E-state index in [9.17, 15) is 9.90 Å². The summed E-state index contributed by atoms with van der Waals surface area (Å²) in [5.41, 5.74) is 0.776. The number of hydrogen-bond donors (Lipinski definition) is 1. The van der Waals surface area contributed by atoms with Crippen LogP contribution in [0.4, 0.5) is 5.82 Å². The van der Waals surface area contributed by atoms with E-state index in [-0.39, 0.29) is 5.92 Å². The second-order valence-corrected chi connectivity index (χ2v) is 7.36. The maximum absolute atomic E-state index is 11.9. The van der Waals surface area contributed by atoms with Gasteiger partial charge >= 0.3 is 5.97 Å². The van der Waals surface area contributed by atoms with Crippen LogP contribution < -0.4 is 9.64 Å². The highest BCUT2D eigenvalue weighted by molar-refractivity contribution is 5.77. The van der Waals surface area contributed by atoms with Crippen molar-refractivity contribution in [1.29, 1.82) is 0 Å². The Morgan fingerprint density at radius 3 is 2.60 bits per heavy atom. The first-order valence-electron chi connectivity index (χ1n) is 8.74. The molecular weight excluding hydrogens is 316 g/mol. The van der Waals surface area contributed by atoms with E-state index in [1.54, 1.807) is 13.8 Å². The van der Waals surface area contributed by atoms with Crippen molar-refractivity contribution >= 4 is 11.8 Å². The summed E-state index contributed by atoms with van der Waals surface area (Å²) in [6.07, 6.45) is 2.36. The lowest BCUT2D eigenvalue weighted by molar-refractivity contribution is -0.147. The highest BCUT2D eigenvalue weighted by Gasteiger charge is 2.44. The summed E-state index contributed by atoms with van der Waals surface area (Å²) < 4.78 is 6.05. The topological polar surface area (TPSA) is 62.7 Å². The van der Waals surface area contributed by atoms with Crippen LogP contribution in [0.3, 0.4) is 0 Å². The average Bonchev–Trinajstić information content (AvgIpc) is 3.13. The monoisotopic (exact) mass is 338 g/mol. The summed E-state index contributed by atoms with van der Waals surface area (Å²) in [6.45, 7) is 5.54. The van der Waals surface area contributed by atoms with Gasteiger partial charge in [-0.3, -0.25) is 4.79 Å². The Bertz CT molecular complexity index is 825. The summed E-state index contributed by atoms with van der Waals surface area (Å²) in [6, 6.07) is 11.6. The van der Waals surface area contributed by atoms with Crippen molar-refractivity contribution in [2.24, 2.45) is 5.41 Å². The Morgan fingerprint density at radius 1 is 1.16 bits per heavy atom. The summed E-state index contributed by atoms with van der Waals surface area (Å²) in [4.78, 5) is 18.9. The van der Waals surface area contributed by atoms with E-state index in [2.05, 4.69) is 4.90 Å². The maximum Gasteiger partial charge on any atom is 0.310 e. The predicted molar refractivity (Wildman–Crippen MR) is 95.5 cm³/mol. The Balaban J connectivity index is 1.84. The van der Waals surface area contributed by atoms with Crippen LogP contribution in [0.1, 0.15) is 43.7 Å². The summed E-state index contributed by atoms with van der Waals surface area (Å²) >= 11 is 0. The molecule has 4 rings (SSSR count). The van der Waals surface area contributed by atoms with Gasteiger partial charge in [-0.05, 0) is 44.9 Å². The summed E-state index contributed by atoms with van der Waals surface area (Å²) in [7, 11) is 0. The molecular formula is C20H22N2O3. The van der Waals surface area contributed by atoms with Gasteiger partial charge in [0.2, 0.25) is 5.88 Å². The number of hydrogen-bond acceptors (Lipinski definition) is 4. The minimum Gasteiger partial charge on any atom is -0.481 e. The highest BCUT2D eigenvalue weighted by atomic mass is 16.5. The smallest absolute Gasteiger partial charge is 0.310 e. The minimum absolute atomic E-state index is 0.301. The third-order valence-corrected chi connectivity index (χ3v) is 5.33. The Kier molecular flexibility index (Phi) is 3.67. The van der Waals surface area contributed by atoms with Gasteiger partial charge in [0, 0.05) is 30.1 Å². The molecule has 2 aliphatic rings. The van der Waals surface area contributed by atoms with Gasteiger partial charge in [-0.25, -0.2) is 0 Å². The van der Waals surface area contributed by atoms with Crippen LogP contribution in [0.5, 0.6) is 11.6 Å². The highest BCUT2D eigenvalue weighted by Crippen LogP contribution is 2.51. The number of carbonyl (C=O) groups is 1. The van der Waals surface area contributed by atoms with Crippen LogP contribution in [-0.2, 0) is 4.79 Å². The molecule has 0 saturated carbocycles. The number of anilines is 1. The largest absolute Gasteiger partial charge is 0.481 e. The fourth-order valence-corrected chi connectivity index (χ4v) is 3.85. The molecule has 0 amide bonds. The van der Waals surface area contributed by atoms with E-state index in [0.29, 0.717) is 11.6 Å². The predicted octanol–water partition coefficient (Wildman–Crippen LogP) is 4.03. The molecule has 1 atom stereocenters. The zero-order chi connectivity index (χ0) is 17.6. The number of para-hydroxylation sites is 1. The van der Waals surface area contributed by atoms with Gasteiger partial charge < -0.3 is 14.7 Å². The fraction of sp³-hybridized carbons (Fsp3) is 0.400. The number of rotatable bonds is 3. The molecule has 5 heteroatoms. The van der Waals surface area contributed by atoms with Gasteiger partial charge in [0.05, 0.1) is 5.41 Å². The van der Waals surface area contributed by atoms with E-state index in [1.807, 2.05) is 36.4 Å². The van der Waals surface area contributed by atoms with Crippen molar-refractivity contribution in [2.45, 2.75) is 32.6 Å². The Morgan fingerprint density at radius 2 is 1.88 bits per heavy atom. The van der Waals surface area contributed by atoms with Crippen LogP contribution in [0.25, 0.3) is 0 Å². The zero-order valence-electron chi connectivity index (χ0n) is 14.5. The molecule has 1 N–H and O–H groups in total. The second kappa shape index (κ2) is 5.76. The van der Waals surface area contributed by atoms with Crippen LogP contribution in [0.15, 0.2) is 36.4 Å². The van der Waals surface area contributed by atoms with E-state index < -0.39 is 11.4 Å². The van der Waals surface area contributed by atoms with Crippen molar-refractivity contribution in [3.8, 4) is 11.6 Å². The molecule has 0 bridgehead atoms. The number of aromatic nitrogens is 1. The van der Waals surface area contributed by atoms with Crippen molar-refractivity contribution < 1.29 is 14.6 Å². The number of ether oxygens (including phenoxy) is 1. The van der Waals surface area contributed by atoms with Gasteiger partial charge in [0.25, 0.3) is 0 Å². The average molecular weight is 338 g/mol. The van der Waals surface area contributed by atoms with Gasteiger partial charge in [0.1, 0.15) is 11.6 Å². The third-order valence-electron chi connectivity index (χ3n) is 5.33. The Hall–Kier alpha value is -2.56. The fourth-order valence-electron chi connectivity index (χ4n) is 3.85. The van der Waals surface area contributed by atoms with Gasteiger partial charge in [-0.1, -0.05) is 18.2 Å². The van der Waals surface area contributed by atoms with Crippen molar-refractivity contribution in [3.63, 3.8) is 0 Å². The number of fused-ring (bicyclic) bond motifs is 2. The molecule has 2 aliphatic heterocycles. The van der Waals surface area contributed by atoms with Crippen LogP contribution >= 0.6 is 0 Å². The van der Waals surface area contributed by atoms with Crippen molar-refractivity contribution in [2.75, 3.05) is 18.0 Å². The number of aliphatic carboxylic acids is 1. The molecule has 1 aromatic carbocycles. The molecule has 25 heavy (non-hydrogen) atoms. The number of nitrogens with zero attached hydrogens (tertiary/aromatic N) is 2. The third kappa shape index (κ3) is 2.54. The van der Waals surface area contributed by atoms with E-state index in [1.165, 1.54) is 12.8 Å². The molecule has 5 nitrogen and oxygen atoms in total. The molecule has 2 aromatic rings. The lowest BCUT2D eigenvalue weighted by Crippen LogP contribution is -2.34. The lowest BCUT2D eigenvalue weighted by atomic mass is 9.70. The van der Waals surface area contributed by atoms with Crippen LogP contribution in [0.2, 0.25) is 0 Å². The van der Waals surface area contributed by atoms with Crippen molar-refractivity contribution in [1.82, 2.24) is 4.98 Å². The summed E-state index contributed by atoms with van der Waals surface area (Å²) in [5, 5.41) is 9.80. The maximum atomic E-state index is 11.9. The molecule has 1 unspecified atom stereocenters. The molecule has 130 valence electrons. The first-order chi connectivity index (χ1) is 12.0. The summed E-state index contributed by atoms with van der Waals surface area (Å²) in [5.74, 6) is 0.999. The molecule has 1 saturated heterocycles. The first kappa shape index (κ1) is 15.9. The Labute approximate surface area is 147 Å². The molecule has 0 spiro atoms. The molecule has 0 aliphatic carbocycles. The SMILES string of the molecule is CC(C)(C(=O)O)C1c2ccccc2Oc2nc(N3CCCC3)ccc21. The van der Waals surface area contributed by atoms with Crippen molar-refractivity contribution in [3.05, 3.63) is 47.5 Å². The number of benzene rings is 1. The first-order valence-corrected chi connectivity index (χ1v) is 8.74. The van der Waals surface area contributed by atoms with E-state index in [0.717, 1.165) is 30.0 Å². The van der Waals surface area contributed by atoms with Crippen LogP contribution in [0, 0.1) is 5.41 Å². The number of carboxylic acids is 1. The molecule has 1 fully saturated rings. The minimum atomic E-state index is -0.967. The normalized spacial score (nSPS) is 19.1. The molecule has 3 heterocycles. The van der Waals surface area contributed by atoms with E-state index in [4.69, 9.17) is 9.72 Å². The van der Waals surface area contributed by atoms with Gasteiger partial charge in [-0.15, -0.1) is 0 Å². The van der Waals surface area contributed by atoms with Gasteiger partial charge in [-0.2, -0.15) is 4.98 Å². The molecule has 0 radical (unpaired) electrons. The number of carboxylic acid groups (broad SMARTS) is 1. The zero-order valence-corrected chi connectivity index (χ0v) is 14.5. The second-order valence-electron chi connectivity index (χ2n) is 7.36. The van der Waals surface area contributed by atoms with Gasteiger partial charge in [0.15, 0.2) is 0 Å².